The highest BCUT2D eigenvalue weighted by Gasteiger charge is 2.08. The molecule has 2 aromatic carbocycles. The van der Waals surface area contributed by atoms with Crippen molar-refractivity contribution in [2.45, 2.75) is 19.4 Å². The lowest BCUT2D eigenvalue weighted by Gasteiger charge is -2.16. The van der Waals surface area contributed by atoms with Gasteiger partial charge in [-0.3, -0.25) is 9.79 Å². The zero-order valence-corrected chi connectivity index (χ0v) is 18.7. The number of benzene rings is 2. The van der Waals surface area contributed by atoms with Crippen LogP contribution in [0.1, 0.15) is 34.3 Å². The van der Waals surface area contributed by atoms with E-state index < -0.39 is 0 Å². The molecular weight excluding hydrogens is 451 g/mol. The van der Waals surface area contributed by atoms with E-state index in [0.29, 0.717) is 18.0 Å². The lowest BCUT2D eigenvalue weighted by Crippen LogP contribution is -2.38. The van der Waals surface area contributed by atoms with Crippen LogP contribution in [-0.4, -0.2) is 44.5 Å². The number of amides is 1. The predicted molar refractivity (Wildman–Crippen MR) is 123 cm³/mol. The first kappa shape index (κ1) is 23.0. The summed E-state index contributed by atoms with van der Waals surface area (Å²) >= 11 is 0. The summed E-state index contributed by atoms with van der Waals surface area (Å²) in [5, 5.41) is 6.67. The largest absolute Gasteiger partial charge is 0.356 e. The van der Waals surface area contributed by atoms with E-state index in [9.17, 15) is 4.79 Å². The number of rotatable bonds is 6. The molecular formula is C21H29IN4O. The molecule has 0 spiro atoms. The standard InChI is InChI=1S/C21H28N4O.HI/c1-16(18-8-6-5-7-9-18)14-23-21(22-2)24-15-17-10-12-19(13-11-17)20(26)25(3)4;/h5-13,16H,14-15H2,1-4H3,(H2,22,23,24);1H. The van der Waals surface area contributed by atoms with E-state index in [-0.39, 0.29) is 29.9 Å². The second-order valence-corrected chi connectivity index (χ2v) is 6.51. The van der Waals surface area contributed by atoms with E-state index in [1.54, 1.807) is 26.0 Å². The summed E-state index contributed by atoms with van der Waals surface area (Å²) in [4.78, 5) is 17.8. The third-order valence-electron chi connectivity index (χ3n) is 4.23. The minimum Gasteiger partial charge on any atom is -0.356 e. The Kier molecular flexibility index (Phi) is 9.85. The molecule has 1 amide bonds. The second kappa shape index (κ2) is 11.6. The molecule has 5 nitrogen and oxygen atoms in total. The van der Waals surface area contributed by atoms with Crippen LogP contribution in [0.2, 0.25) is 0 Å². The van der Waals surface area contributed by atoms with Crippen LogP contribution >= 0.6 is 24.0 Å². The molecule has 0 saturated carbocycles. The Morgan fingerprint density at radius 2 is 1.67 bits per heavy atom. The number of halogens is 1. The molecule has 2 N–H and O–H groups in total. The molecule has 6 heteroatoms. The number of hydrogen-bond acceptors (Lipinski definition) is 2. The summed E-state index contributed by atoms with van der Waals surface area (Å²) in [7, 11) is 5.27. The maximum absolute atomic E-state index is 11.9. The van der Waals surface area contributed by atoms with Gasteiger partial charge in [0.2, 0.25) is 0 Å². The maximum atomic E-state index is 11.9. The molecule has 1 unspecified atom stereocenters. The first-order valence-corrected chi connectivity index (χ1v) is 8.81. The van der Waals surface area contributed by atoms with E-state index in [0.717, 1.165) is 18.1 Å². The fourth-order valence-electron chi connectivity index (χ4n) is 2.58. The average Bonchev–Trinajstić information content (AvgIpc) is 2.68. The highest BCUT2D eigenvalue weighted by Crippen LogP contribution is 2.13. The van der Waals surface area contributed by atoms with Crippen molar-refractivity contribution in [3.8, 4) is 0 Å². The molecule has 0 aliphatic rings. The molecule has 0 heterocycles. The third kappa shape index (κ3) is 7.21. The monoisotopic (exact) mass is 480 g/mol. The molecule has 0 radical (unpaired) electrons. The molecule has 0 aromatic heterocycles. The van der Waals surface area contributed by atoms with Gasteiger partial charge in [0.1, 0.15) is 0 Å². The number of carbonyl (C=O) groups is 1. The van der Waals surface area contributed by atoms with Crippen molar-refractivity contribution in [3.05, 3.63) is 71.3 Å². The molecule has 0 fully saturated rings. The van der Waals surface area contributed by atoms with Gasteiger partial charge < -0.3 is 15.5 Å². The number of nitrogens with zero attached hydrogens (tertiary/aromatic N) is 2. The van der Waals surface area contributed by atoms with Gasteiger partial charge in [0, 0.05) is 39.8 Å². The van der Waals surface area contributed by atoms with Crippen LogP contribution in [0, 0.1) is 0 Å². The zero-order chi connectivity index (χ0) is 18.9. The lowest BCUT2D eigenvalue weighted by atomic mass is 10.0. The minimum absolute atomic E-state index is 0. The van der Waals surface area contributed by atoms with Gasteiger partial charge in [0.05, 0.1) is 0 Å². The van der Waals surface area contributed by atoms with Gasteiger partial charge in [-0.1, -0.05) is 49.4 Å². The van der Waals surface area contributed by atoms with Crippen LogP contribution < -0.4 is 10.6 Å². The number of aliphatic imine (C=N–C) groups is 1. The van der Waals surface area contributed by atoms with Gasteiger partial charge in [-0.25, -0.2) is 0 Å². The van der Waals surface area contributed by atoms with Gasteiger partial charge in [-0.05, 0) is 29.2 Å². The number of carbonyl (C=O) groups excluding carboxylic acids is 1. The fourth-order valence-corrected chi connectivity index (χ4v) is 2.58. The first-order valence-electron chi connectivity index (χ1n) is 8.81. The van der Waals surface area contributed by atoms with Crippen molar-refractivity contribution in [2.75, 3.05) is 27.7 Å². The Balaban J connectivity index is 0.00000364. The molecule has 0 saturated heterocycles. The van der Waals surface area contributed by atoms with Crippen molar-refractivity contribution >= 4 is 35.8 Å². The highest BCUT2D eigenvalue weighted by atomic mass is 127. The summed E-state index contributed by atoms with van der Waals surface area (Å²) in [6.07, 6.45) is 0. The van der Waals surface area contributed by atoms with E-state index >= 15 is 0 Å². The van der Waals surface area contributed by atoms with Crippen LogP contribution in [-0.2, 0) is 6.54 Å². The molecule has 27 heavy (non-hydrogen) atoms. The van der Waals surface area contributed by atoms with Gasteiger partial charge in [0.15, 0.2) is 5.96 Å². The number of nitrogens with one attached hydrogen (secondary N) is 2. The summed E-state index contributed by atoms with van der Waals surface area (Å²) in [5.41, 5.74) is 3.09. The van der Waals surface area contributed by atoms with E-state index in [1.165, 1.54) is 5.56 Å². The molecule has 2 rings (SSSR count). The summed E-state index contributed by atoms with van der Waals surface area (Å²) in [6.45, 7) is 3.64. The Morgan fingerprint density at radius 1 is 1.04 bits per heavy atom. The molecule has 1 atom stereocenters. The lowest BCUT2D eigenvalue weighted by molar-refractivity contribution is 0.0827. The fraction of sp³-hybridized carbons (Fsp3) is 0.333. The van der Waals surface area contributed by atoms with Crippen LogP contribution in [0.25, 0.3) is 0 Å². The second-order valence-electron chi connectivity index (χ2n) is 6.51. The van der Waals surface area contributed by atoms with Gasteiger partial charge >= 0.3 is 0 Å². The summed E-state index contributed by atoms with van der Waals surface area (Å²) in [5.74, 6) is 1.17. The van der Waals surface area contributed by atoms with Crippen LogP contribution in [0.5, 0.6) is 0 Å². The van der Waals surface area contributed by atoms with E-state index in [4.69, 9.17) is 0 Å². The number of hydrogen-bond donors (Lipinski definition) is 2. The van der Waals surface area contributed by atoms with Crippen molar-refractivity contribution < 1.29 is 4.79 Å². The summed E-state index contributed by atoms with van der Waals surface area (Å²) < 4.78 is 0. The summed E-state index contributed by atoms with van der Waals surface area (Å²) in [6, 6.07) is 18.1. The Bertz CT molecular complexity index is 730. The Hall–Kier alpha value is -2.09. The van der Waals surface area contributed by atoms with Crippen molar-refractivity contribution in [1.82, 2.24) is 15.5 Å². The minimum atomic E-state index is 0. The molecule has 0 aliphatic heterocycles. The Labute approximate surface area is 179 Å². The highest BCUT2D eigenvalue weighted by molar-refractivity contribution is 14.0. The third-order valence-corrected chi connectivity index (χ3v) is 4.23. The Morgan fingerprint density at radius 3 is 2.22 bits per heavy atom. The predicted octanol–water partition coefficient (Wildman–Crippen LogP) is 3.48. The van der Waals surface area contributed by atoms with E-state index in [2.05, 4.69) is 46.8 Å². The molecule has 146 valence electrons. The topological polar surface area (TPSA) is 56.7 Å². The van der Waals surface area contributed by atoms with Gasteiger partial charge in [-0.2, -0.15) is 0 Å². The van der Waals surface area contributed by atoms with Gasteiger partial charge in [-0.15, -0.1) is 24.0 Å². The van der Waals surface area contributed by atoms with Crippen LogP contribution in [0.3, 0.4) is 0 Å². The van der Waals surface area contributed by atoms with Crippen molar-refractivity contribution in [1.29, 1.82) is 0 Å². The van der Waals surface area contributed by atoms with Crippen LogP contribution in [0.15, 0.2) is 59.6 Å². The zero-order valence-electron chi connectivity index (χ0n) is 16.4. The quantitative estimate of drug-likeness (QED) is 0.378. The van der Waals surface area contributed by atoms with Crippen molar-refractivity contribution in [3.63, 3.8) is 0 Å². The molecule has 2 aromatic rings. The SMILES string of the molecule is CN=C(NCc1ccc(C(=O)N(C)C)cc1)NCC(C)c1ccccc1.I. The van der Waals surface area contributed by atoms with E-state index in [1.807, 2.05) is 30.3 Å². The molecule has 0 aliphatic carbocycles. The number of guanidine groups is 1. The molecule has 0 bridgehead atoms. The van der Waals surface area contributed by atoms with Crippen LogP contribution in [0.4, 0.5) is 0 Å². The first-order chi connectivity index (χ1) is 12.5. The maximum Gasteiger partial charge on any atom is 0.253 e. The van der Waals surface area contributed by atoms with Crippen molar-refractivity contribution in [2.24, 2.45) is 4.99 Å². The average molecular weight is 480 g/mol. The normalized spacial score (nSPS) is 11.9. The van der Waals surface area contributed by atoms with Gasteiger partial charge in [0.25, 0.3) is 5.91 Å². The smallest absolute Gasteiger partial charge is 0.253 e.